The van der Waals surface area contributed by atoms with Gasteiger partial charge in [0.1, 0.15) is 0 Å². The van der Waals surface area contributed by atoms with Crippen molar-refractivity contribution >= 4 is 5.91 Å². The molecule has 0 bridgehead atoms. The fourth-order valence-corrected chi connectivity index (χ4v) is 1.41. The molecule has 0 radical (unpaired) electrons. The first-order chi connectivity index (χ1) is 7.75. The van der Waals surface area contributed by atoms with E-state index in [1.54, 1.807) is 0 Å². The minimum atomic E-state index is -0.202. The lowest BCUT2D eigenvalue weighted by atomic mass is 10.3. The highest BCUT2D eigenvalue weighted by atomic mass is 16.1. The molecule has 1 aliphatic carbocycles. The van der Waals surface area contributed by atoms with Crippen molar-refractivity contribution in [3.8, 4) is 0 Å². The van der Waals surface area contributed by atoms with Crippen molar-refractivity contribution in [1.82, 2.24) is 31.3 Å². The SMILES string of the molecule is CC(NC(=O)CCNC1CC1)c1nn[nH]n1. The fraction of sp³-hybridized carbons (Fsp3) is 0.778. The summed E-state index contributed by atoms with van der Waals surface area (Å²) in [6, 6.07) is 0.439. The van der Waals surface area contributed by atoms with Gasteiger partial charge in [-0.05, 0) is 19.8 Å². The molecule has 3 N–H and O–H groups in total. The summed E-state index contributed by atoms with van der Waals surface area (Å²) in [5, 5.41) is 19.5. The highest BCUT2D eigenvalue weighted by molar-refractivity contribution is 5.76. The van der Waals surface area contributed by atoms with Gasteiger partial charge in [0.25, 0.3) is 0 Å². The van der Waals surface area contributed by atoms with E-state index in [2.05, 4.69) is 31.3 Å². The van der Waals surface area contributed by atoms with Gasteiger partial charge in [0.2, 0.25) is 5.91 Å². The average molecular weight is 224 g/mol. The van der Waals surface area contributed by atoms with Crippen LogP contribution in [0.4, 0.5) is 0 Å². The molecule has 1 atom stereocenters. The number of aromatic nitrogens is 4. The summed E-state index contributed by atoms with van der Waals surface area (Å²) in [6.07, 6.45) is 2.96. The number of hydrogen-bond acceptors (Lipinski definition) is 5. The Hall–Kier alpha value is -1.50. The first kappa shape index (κ1) is 11.0. The predicted octanol–water partition coefficient (Wildman–Crippen LogP) is -0.481. The lowest BCUT2D eigenvalue weighted by Gasteiger charge is -2.09. The smallest absolute Gasteiger partial charge is 0.221 e. The van der Waals surface area contributed by atoms with Gasteiger partial charge in [0, 0.05) is 19.0 Å². The summed E-state index contributed by atoms with van der Waals surface area (Å²) in [5.41, 5.74) is 0. The van der Waals surface area contributed by atoms with Crippen molar-refractivity contribution in [1.29, 1.82) is 0 Å². The first-order valence-electron chi connectivity index (χ1n) is 5.52. The van der Waals surface area contributed by atoms with Crippen molar-refractivity contribution in [3.05, 3.63) is 5.82 Å². The molecule has 0 saturated heterocycles. The summed E-state index contributed by atoms with van der Waals surface area (Å²) in [7, 11) is 0. The van der Waals surface area contributed by atoms with Crippen LogP contribution in [-0.4, -0.2) is 39.1 Å². The molecule has 1 amide bonds. The Labute approximate surface area is 93.4 Å². The lowest BCUT2D eigenvalue weighted by Crippen LogP contribution is -2.30. The molecule has 1 fully saturated rings. The van der Waals surface area contributed by atoms with Crippen LogP contribution in [0.5, 0.6) is 0 Å². The highest BCUT2D eigenvalue weighted by Gasteiger charge is 2.20. The van der Waals surface area contributed by atoms with Crippen LogP contribution in [0.1, 0.15) is 38.1 Å². The van der Waals surface area contributed by atoms with Gasteiger partial charge in [0.05, 0.1) is 6.04 Å². The van der Waals surface area contributed by atoms with Crippen LogP contribution in [0.2, 0.25) is 0 Å². The Morgan fingerprint density at radius 1 is 1.62 bits per heavy atom. The van der Waals surface area contributed by atoms with Crippen LogP contribution in [-0.2, 0) is 4.79 Å². The number of carbonyl (C=O) groups is 1. The number of amides is 1. The van der Waals surface area contributed by atoms with Gasteiger partial charge in [-0.1, -0.05) is 5.21 Å². The van der Waals surface area contributed by atoms with E-state index in [9.17, 15) is 4.79 Å². The normalized spacial score (nSPS) is 17.1. The lowest BCUT2D eigenvalue weighted by molar-refractivity contribution is -0.121. The third-order valence-corrected chi connectivity index (χ3v) is 2.49. The molecule has 1 unspecified atom stereocenters. The second kappa shape index (κ2) is 5.02. The standard InChI is InChI=1S/C9H16N6O/c1-6(9-12-14-15-13-9)11-8(16)4-5-10-7-2-3-7/h6-7,10H,2-5H2,1H3,(H,11,16)(H,12,13,14,15). The Morgan fingerprint density at radius 2 is 2.44 bits per heavy atom. The number of hydrogen-bond donors (Lipinski definition) is 3. The molecule has 1 aliphatic rings. The molecule has 7 nitrogen and oxygen atoms in total. The molecule has 2 rings (SSSR count). The van der Waals surface area contributed by atoms with E-state index in [0.29, 0.717) is 18.3 Å². The Balaban J connectivity index is 1.65. The van der Waals surface area contributed by atoms with E-state index in [4.69, 9.17) is 0 Å². The summed E-state index contributed by atoms with van der Waals surface area (Å²) < 4.78 is 0. The zero-order valence-corrected chi connectivity index (χ0v) is 9.23. The third-order valence-electron chi connectivity index (χ3n) is 2.49. The monoisotopic (exact) mass is 224 g/mol. The van der Waals surface area contributed by atoms with E-state index >= 15 is 0 Å². The van der Waals surface area contributed by atoms with Crippen LogP contribution in [0.3, 0.4) is 0 Å². The van der Waals surface area contributed by atoms with E-state index in [0.717, 1.165) is 6.54 Å². The maximum atomic E-state index is 11.5. The molecule has 0 aromatic carbocycles. The molecular weight excluding hydrogens is 208 g/mol. The number of tetrazole rings is 1. The molecule has 7 heteroatoms. The minimum Gasteiger partial charge on any atom is -0.346 e. The average Bonchev–Trinajstić information content (AvgIpc) is 2.91. The summed E-state index contributed by atoms with van der Waals surface area (Å²) in [4.78, 5) is 11.5. The molecule has 1 aromatic heterocycles. The third kappa shape index (κ3) is 3.27. The number of nitrogens with zero attached hydrogens (tertiary/aromatic N) is 3. The van der Waals surface area contributed by atoms with E-state index in [-0.39, 0.29) is 11.9 Å². The van der Waals surface area contributed by atoms with Crippen LogP contribution >= 0.6 is 0 Å². The number of nitrogens with one attached hydrogen (secondary N) is 3. The van der Waals surface area contributed by atoms with E-state index in [1.807, 2.05) is 6.92 Å². The van der Waals surface area contributed by atoms with Gasteiger partial charge in [0.15, 0.2) is 5.82 Å². The number of rotatable bonds is 6. The molecular formula is C9H16N6O. The predicted molar refractivity (Wildman–Crippen MR) is 56.4 cm³/mol. The van der Waals surface area contributed by atoms with Crippen LogP contribution in [0.15, 0.2) is 0 Å². The van der Waals surface area contributed by atoms with Crippen molar-refractivity contribution in [2.24, 2.45) is 0 Å². The Bertz CT molecular complexity index is 334. The molecule has 1 saturated carbocycles. The fourth-order valence-electron chi connectivity index (χ4n) is 1.41. The van der Waals surface area contributed by atoms with Gasteiger partial charge < -0.3 is 10.6 Å². The van der Waals surface area contributed by atoms with Crippen LogP contribution in [0.25, 0.3) is 0 Å². The number of H-pyrrole nitrogens is 1. The Morgan fingerprint density at radius 3 is 3.06 bits per heavy atom. The maximum absolute atomic E-state index is 11.5. The van der Waals surface area contributed by atoms with E-state index in [1.165, 1.54) is 12.8 Å². The Kier molecular flexibility index (Phi) is 3.45. The van der Waals surface area contributed by atoms with Crippen LogP contribution in [0, 0.1) is 0 Å². The molecule has 1 heterocycles. The van der Waals surface area contributed by atoms with Gasteiger partial charge in [-0.15, -0.1) is 10.2 Å². The zero-order chi connectivity index (χ0) is 11.4. The largest absolute Gasteiger partial charge is 0.346 e. The number of aromatic amines is 1. The summed E-state index contributed by atoms with van der Waals surface area (Å²) >= 11 is 0. The second-order valence-electron chi connectivity index (χ2n) is 4.04. The van der Waals surface area contributed by atoms with Gasteiger partial charge >= 0.3 is 0 Å². The molecule has 0 aliphatic heterocycles. The highest BCUT2D eigenvalue weighted by Crippen LogP contribution is 2.18. The molecule has 88 valence electrons. The van der Waals surface area contributed by atoms with Crippen molar-refractivity contribution < 1.29 is 4.79 Å². The van der Waals surface area contributed by atoms with Gasteiger partial charge in [-0.25, -0.2) is 0 Å². The molecule has 0 spiro atoms. The van der Waals surface area contributed by atoms with Crippen LogP contribution < -0.4 is 10.6 Å². The minimum absolute atomic E-state index is 0.00505. The van der Waals surface area contributed by atoms with Crippen molar-refractivity contribution in [2.75, 3.05) is 6.54 Å². The van der Waals surface area contributed by atoms with Crippen molar-refractivity contribution in [3.63, 3.8) is 0 Å². The number of carbonyl (C=O) groups excluding carboxylic acids is 1. The van der Waals surface area contributed by atoms with Crippen molar-refractivity contribution in [2.45, 2.75) is 38.3 Å². The molecule has 16 heavy (non-hydrogen) atoms. The maximum Gasteiger partial charge on any atom is 0.221 e. The second-order valence-corrected chi connectivity index (χ2v) is 4.04. The quantitative estimate of drug-likeness (QED) is 0.606. The topological polar surface area (TPSA) is 95.6 Å². The van der Waals surface area contributed by atoms with Gasteiger partial charge in [-0.3, -0.25) is 4.79 Å². The summed E-state index contributed by atoms with van der Waals surface area (Å²) in [6.45, 7) is 2.56. The first-order valence-corrected chi connectivity index (χ1v) is 5.52. The zero-order valence-electron chi connectivity index (χ0n) is 9.23. The molecule has 1 aromatic rings. The van der Waals surface area contributed by atoms with E-state index < -0.39 is 0 Å². The summed E-state index contributed by atoms with van der Waals surface area (Å²) in [5.74, 6) is 0.508. The van der Waals surface area contributed by atoms with Gasteiger partial charge in [-0.2, -0.15) is 5.21 Å².